The van der Waals surface area contributed by atoms with Gasteiger partial charge in [-0.05, 0) is 37.6 Å². The van der Waals surface area contributed by atoms with E-state index in [1.165, 1.54) is 0 Å². The number of para-hydroxylation sites is 1. The summed E-state index contributed by atoms with van der Waals surface area (Å²) >= 11 is 0. The highest BCUT2D eigenvalue weighted by Crippen LogP contribution is 2.27. The van der Waals surface area contributed by atoms with Crippen molar-refractivity contribution in [1.29, 1.82) is 0 Å². The average molecular weight is 364 g/mol. The summed E-state index contributed by atoms with van der Waals surface area (Å²) < 4.78 is 5.86. The van der Waals surface area contributed by atoms with Crippen LogP contribution in [0.25, 0.3) is 11.0 Å². The van der Waals surface area contributed by atoms with E-state index in [0.29, 0.717) is 24.9 Å². The predicted molar refractivity (Wildman–Crippen MR) is 105 cm³/mol. The first-order valence-corrected chi connectivity index (χ1v) is 9.13. The Labute approximate surface area is 159 Å². The molecule has 0 radical (unpaired) electrons. The fourth-order valence-electron chi connectivity index (χ4n) is 2.92. The summed E-state index contributed by atoms with van der Waals surface area (Å²) in [4.78, 5) is 26.1. The summed E-state index contributed by atoms with van der Waals surface area (Å²) in [6.45, 7) is 2.42. The maximum atomic E-state index is 12.5. The molecule has 1 aromatic heterocycles. The highest BCUT2D eigenvalue weighted by Gasteiger charge is 2.20. The summed E-state index contributed by atoms with van der Waals surface area (Å²) in [6, 6.07) is 18.7. The van der Waals surface area contributed by atoms with Crippen LogP contribution in [-0.2, 0) is 4.79 Å². The summed E-state index contributed by atoms with van der Waals surface area (Å²) in [5, 5.41) is 3.88. The number of benzene rings is 2. The van der Waals surface area contributed by atoms with Crippen molar-refractivity contribution >= 4 is 22.8 Å². The van der Waals surface area contributed by atoms with Gasteiger partial charge < -0.3 is 14.6 Å². The van der Waals surface area contributed by atoms with Gasteiger partial charge in [0, 0.05) is 31.0 Å². The first-order chi connectivity index (χ1) is 13.1. The topological polar surface area (TPSA) is 62.6 Å². The zero-order chi connectivity index (χ0) is 19.2. The molecule has 1 atom stereocenters. The van der Waals surface area contributed by atoms with Gasteiger partial charge in [0.1, 0.15) is 11.3 Å². The Hall–Kier alpha value is -3.08. The molecule has 0 aliphatic heterocycles. The highest BCUT2D eigenvalue weighted by molar-refractivity contribution is 5.94. The van der Waals surface area contributed by atoms with E-state index in [2.05, 4.69) is 5.32 Å². The van der Waals surface area contributed by atoms with Crippen molar-refractivity contribution in [3.63, 3.8) is 0 Å². The molecule has 0 aliphatic carbocycles. The first-order valence-electron chi connectivity index (χ1n) is 9.13. The number of nitrogens with one attached hydrogen (secondary N) is 1. The lowest BCUT2D eigenvalue weighted by atomic mass is 10.1. The molecule has 0 spiro atoms. The predicted octanol–water partition coefficient (Wildman–Crippen LogP) is 4.16. The molecule has 5 nitrogen and oxygen atoms in total. The van der Waals surface area contributed by atoms with Crippen molar-refractivity contribution in [2.45, 2.75) is 25.8 Å². The maximum Gasteiger partial charge on any atom is 0.251 e. The molecule has 3 rings (SSSR count). The Morgan fingerprint density at radius 3 is 2.52 bits per heavy atom. The second kappa shape index (κ2) is 8.54. The molecule has 0 saturated heterocycles. The van der Waals surface area contributed by atoms with E-state index < -0.39 is 0 Å². The molecule has 140 valence electrons. The fraction of sp³-hybridized carbons (Fsp3) is 0.273. The van der Waals surface area contributed by atoms with Gasteiger partial charge in [-0.15, -0.1) is 0 Å². The van der Waals surface area contributed by atoms with E-state index in [4.69, 9.17) is 4.42 Å². The van der Waals surface area contributed by atoms with Crippen LogP contribution in [-0.4, -0.2) is 30.3 Å². The Kier molecular flexibility index (Phi) is 5.91. The average Bonchev–Trinajstić information content (AvgIpc) is 3.14. The molecule has 0 saturated carbocycles. The van der Waals surface area contributed by atoms with E-state index in [1.807, 2.05) is 55.5 Å². The zero-order valence-corrected chi connectivity index (χ0v) is 15.6. The van der Waals surface area contributed by atoms with E-state index >= 15 is 0 Å². The summed E-state index contributed by atoms with van der Waals surface area (Å²) in [6.07, 6.45) is 0.963. The molecule has 2 amide bonds. The second-order valence-corrected chi connectivity index (χ2v) is 6.59. The van der Waals surface area contributed by atoms with Crippen LogP contribution < -0.4 is 5.32 Å². The number of furan rings is 1. The van der Waals surface area contributed by atoms with Crippen molar-refractivity contribution in [3.05, 3.63) is 72.0 Å². The Morgan fingerprint density at radius 1 is 1.07 bits per heavy atom. The molecule has 27 heavy (non-hydrogen) atoms. The second-order valence-electron chi connectivity index (χ2n) is 6.59. The number of hydrogen-bond acceptors (Lipinski definition) is 3. The third-order valence-electron chi connectivity index (χ3n) is 4.72. The Bertz CT molecular complexity index is 884. The van der Waals surface area contributed by atoms with Gasteiger partial charge in [0.2, 0.25) is 5.91 Å². The molecule has 1 unspecified atom stereocenters. The smallest absolute Gasteiger partial charge is 0.251 e. The Balaban J connectivity index is 1.48. The van der Waals surface area contributed by atoms with Crippen LogP contribution in [0.2, 0.25) is 0 Å². The number of hydrogen-bond donors (Lipinski definition) is 1. The van der Waals surface area contributed by atoms with Gasteiger partial charge in [-0.1, -0.05) is 36.4 Å². The van der Waals surface area contributed by atoms with Gasteiger partial charge in [-0.3, -0.25) is 9.59 Å². The van der Waals surface area contributed by atoms with Crippen LogP contribution in [0, 0.1) is 0 Å². The minimum atomic E-state index is -0.149. The standard InChI is InChI=1S/C22H24N2O3/c1-16(20-15-18-11-6-7-12-19(18)27-20)24(2)21(25)13-8-14-23-22(26)17-9-4-3-5-10-17/h3-7,9-12,15-16H,8,13-14H2,1-2H3,(H,23,26). The van der Waals surface area contributed by atoms with E-state index in [9.17, 15) is 9.59 Å². The molecular formula is C22H24N2O3. The van der Waals surface area contributed by atoms with Gasteiger partial charge >= 0.3 is 0 Å². The monoisotopic (exact) mass is 364 g/mol. The maximum absolute atomic E-state index is 12.5. The van der Waals surface area contributed by atoms with Crippen molar-refractivity contribution < 1.29 is 14.0 Å². The van der Waals surface area contributed by atoms with Crippen LogP contribution in [0.15, 0.2) is 65.1 Å². The van der Waals surface area contributed by atoms with Crippen LogP contribution in [0.3, 0.4) is 0 Å². The number of rotatable bonds is 7. The van der Waals surface area contributed by atoms with Crippen LogP contribution >= 0.6 is 0 Å². The number of nitrogens with zero attached hydrogens (tertiary/aromatic N) is 1. The summed E-state index contributed by atoms with van der Waals surface area (Å²) in [5.74, 6) is 0.674. The van der Waals surface area contributed by atoms with Gasteiger partial charge in [0.05, 0.1) is 6.04 Å². The molecular weight excluding hydrogens is 340 g/mol. The molecule has 2 aromatic carbocycles. The number of amides is 2. The first kappa shape index (κ1) is 18.7. The lowest BCUT2D eigenvalue weighted by Gasteiger charge is -2.23. The minimum Gasteiger partial charge on any atom is -0.459 e. The largest absolute Gasteiger partial charge is 0.459 e. The SMILES string of the molecule is CC(c1cc2ccccc2o1)N(C)C(=O)CCCNC(=O)c1ccccc1. The summed E-state index contributed by atoms with van der Waals surface area (Å²) in [7, 11) is 1.78. The van der Waals surface area contributed by atoms with Gasteiger partial charge in [-0.25, -0.2) is 0 Å². The zero-order valence-electron chi connectivity index (χ0n) is 15.6. The molecule has 5 heteroatoms. The fourth-order valence-corrected chi connectivity index (χ4v) is 2.92. The van der Waals surface area contributed by atoms with Crippen molar-refractivity contribution in [2.24, 2.45) is 0 Å². The van der Waals surface area contributed by atoms with Crippen LogP contribution in [0.5, 0.6) is 0 Å². The third kappa shape index (κ3) is 4.56. The lowest BCUT2D eigenvalue weighted by Crippen LogP contribution is -2.30. The molecule has 1 heterocycles. The lowest BCUT2D eigenvalue weighted by molar-refractivity contribution is -0.132. The van der Waals surface area contributed by atoms with Gasteiger partial charge in [0.15, 0.2) is 0 Å². The van der Waals surface area contributed by atoms with Crippen LogP contribution in [0.4, 0.5) is 0 Å². The van der Waals surface area contributed by atoms with Crippen molar-refractivity contribution in [1.82, 2.24) is 10.2 Å². The number of carbonyl (C=O) groups excluding carboxylic acids is 2. The van der Waals surface area contributed by atoms with E-state index in [-0.39, 0.29) is 17.9 Å². The van der Waals surface area contributed by atoms with Gasteiger partial charge in [0.25, 0.3) is 5.91 Å². The van der Waals surface area contributed by atoms with Gasteiger partial charge in [-0.2, -0.15) is 0 Å². The highest BCUT2D eigenvalue weighted by atomic mass is 16.3. The summed E-state index contributed by atoms with van der Waals surface area (Å²) in [5.41, 5.74) is 1.45. The molecule has 1 N–H and O–H groups in total. The van der Waals surface area contributed by atoms with E-state index in [1.54, 1.807) is 24.1 Å². The normalized spacial score (nSPS) is 11.9. The molecule has 0 fully saturated rings. The third-order valence-corrected chi connectivity index (χ3v) is 4.72. The minimum absolute atomic E-state index is 0.0249. The Morgan fingerprint density at radius 2 is 1.78 bits per heavy atom. The van der Waals surface area contributed by atoms with Crippen molar-refractivity contribution in [2.75, 3.05) is 13.6 Å². The number of carbonyl (C=O) groups is 2. The van der Waals surface area contributed by atoms with E-state index in [0.717, 1.165) is 16.7 Å². The molecule has 3 aromatic rings. The van der Waals surface area contributed by atoms with Crippen molar-refractivity contribution in [3.8, 4) is 0 Å². The quantitative estimate of drug-likeness (QED) is 0.640. The molecule has 0 aliphatic rings. The molecule has 0 bridgehead atoms. The number of fused-ring (bicyclic) bond motifs is 1. The van der Waals surface area contributed by atoms with Crippen LogP contribution in [0.1, 0.15) is 41.9 Å².